The Balaban J connectivity index is 1.60. The van der Waals surface area contributed by atoms with Crippen LogP contribution >= 0.6 is 0 Å². The Bertz CT molecular complexity index is 409. The minimum absolute atomic E-state index is 0.204. The van der Waals surface area contributed by atoms with Gasteiger partial charge in [-0.25, -0.2) is 0 Å². The van der Waals surface area contributed by atoms with Crippen molar-refractivity contribution < 1.29 is 5.11 Å². The number of hydrogen-bond donors (Lipinski definition) is 1. The Hall–Kier alpha value is -0.830. The van der Waals surface area contributed by atoms with Crippen molar-refractivity contribution >= 4 is 0 Å². The predicted octanol–water partition coefficient (Wildman–Crippen LogP) is 3.34. The molecule has 1 aromatic rings. The normalized spacial score (nSPS) is 30.0. The summed E-state index contributed by atoms with van der Waals surface area (Å²) in [6.45, 7) is 2.28. The largest absolute Gasteiger partial charge is 0.392 e. The lowest BCUT2D eigenvalue weighted by Crippen LogP contribution is -2.25. The molecule has 3 nitrogen and oxygen atoms in total. The molecule has 0 bridgehead atoms. The summed E-state index contributed by atoms with van der Waals surface area (Å²) in [5.41, 5.74) is 1.07. The standard InChI is InChI=1S/C16H26N2O/c1-12-5-4-8-15(12)16(19)11-13-9-10-18(17-13)14-6-2-3-7-14/h9-10,12,14-16,19H,2-8,11H2,1H3. The van der Waals surface area contributed by atoms with Gasteiger partial charge in [0.2, 0.25) is 0 Å². The van der Waals surface area contributed by atoms with Gasteiger partial charge in [-0.05, 0) is 37.2 Å². The Labute approximate surface area is 116 Å². The maximum Gasteiger partial charge on any atom is 0.0650 e. The summed E-state index contributed by atoms with van der Waals surface area (Å²) in [4.78, 5) is 0. The van der Waals surface area contributed by atoms with Gasteiger partial charge in [0.1, 0.15) is 0 Å². The molecule has 0 spiro atoms. The van der Waals surface area contributed by atoms with E-state index in [1.807, 2.05) is 0 Å². The highest BCUT2D eigenvalue weighted by Crippen LogP contribution is 2.34. The maximum atomic E-state index is 10.4. The lowest BCUT2D eigenvalue weighted by molar-refractivity contribution is 0.0891. The Kier molecular flexibility index (Phi) is 3.92. The Morgan fingerprint density at radius 2 is 2.05 bits per heavy atom. The maximum absolute atomic E-state index is 10.4. The number of aromatic nitrogens is 2. The van der Waals surface area contributed by atoms with Gasteiger partial charge in [-0.15, -0.1) is 0 Å². The first-order valence-electron chi connectivity index (χ1n) is 7.96. The Morgan fingerprint density at radius 3 is 2.74 bits per heavy atom. The third-order valence-electron chi connectivity index (χ3n) is 5.20. The van der Waals surface area contributed by atoms with Crippen molar-refractivity contribution in [1.82, 2.24) is 9.78 Å². The molecule has 2 saturated carbocycles. The van der Waals surface area contributed by atoms with Crippen LogP contribution in [-0.4, -0.2) is 21.0 Å². The van der Waals surface area contributed by atoms with Gasteiger partial charge < -0.3 is 5.11 Å². The zero-order valence-corrected chi connectivity index (χ0v) is 12.0. The number of hydrogen-bond acceptors (Lipinski definition) is 2. The van der Waals surface area contributed by atoms with E-state index in [0.717, 1.165) is 12.1 Å². The molecular weight excluding hydrogens is 236 g/mol. The molecule has 0 aromatic carbocycles. The fourth-order valence-electron chi connectivity index (χ4n) is 3.97. The number of aliphatic hydroxyl groups excluding tert-OH is 1. The van der Waals surface area contributed by atoms with E-state index in [-0.39, 0.29) is 6.10 Å². The van der Waals surface area contributed by atoms with E-state index in [2.05, 4.69) is 29.0 Å². The molecule has 3 unspecified atom stereocenters. The van der Waals surface area contributed by atoms with Gasteiger partial charge >= 0.3 is 0 Å². The first-order valence-corrected chi connectivity index (χ1v) is 7.96. The molecule has 1 aromatic heterocycles. The van der Waals surface area contributed by atoms with E-state index in [4.69, 9.17) is 0 Å². The lowest BCUT2D eigenvalue weighted by atomic mass is 9.90. The van der Waals surface area contributed by atoms with E-state index < -0.39 is 0 Å². The molecule has 0 amide bonds. The predicted molar refractivity (Wildman–Crippen MR) is 75.9 cm³/mol. The molecule has 2 fully saturated rings. The molecule has 3 rings (SSSR count). The highest BCUT2D eigenvalue weighted by molar-refractivity contribution is 5.03. The summed E-state index contributed by atoms with van der Waals surface area (Å²) in [5.74, 6) is 1.16. The third-order valence-corrected chi connectivity index (χ3v) is 5.20. The van der Waals surface area contributed by atoms with Crippen molar-refractivity contribution in [3.63, 3.8) is 0 Å². The zero-order chi connectivity index (χ0) is 13.2. The fraction of sp³-hybridized carbons (Fsp3) is 0.812. The van der Waals surface area contributed by atoms with Crippen LogP contribution in [0.4, 0.5) is 0 Å². The number of aliphatic hydroxyl groups is 1. The summed E-state index contributed by atoms with van der Waals surface area (Å²) in [7, 11) is 0. The zero-order valence-electron chi connectivity index (χ0n) is 12.0. The van der Waals surface area contributed by atoms with Crippen LogP contribution in [0.25, 0.3) is 0 Å². The molecular formula is C16H26N2O. The highest BCUT2D eigenvalue weighted by atomic mass is 16.3. The topological polar surface area (TPSA) is 38.0 Å². The van der Waals surface area contributed by atoms with Crippen LogP contribution in [0.5, 0.6) is 0 Å². The van der Waals surface area contributed by atoms with Gasteiger partial charge in [0.05, 0.1) is 17.8 Å². The van der Waals surface area contributed by atoms with Gasteiger partial charge in [0, 0.05) is 12.6 Å². The van der Waals surface area contributed by atoms with Crippen molar-refractivity contribution in [1.29, 1.82) is 0 Å². The van der Waals surface area contributed by atoms with Gasteiger partial charge in [-0.3, -0.25) is 4.68 Å². The van der Waals surface area contributed by atoms with Crippen molar-refractivity contribution in [3.05, 3.63) is 18.0 Å². The quantitative estimate of drug-likeness (QED) is 0.903. The minimum Gasteiger partial charge on any atom is -0.392 e. The van der Waals surface area contributed by atoms with Gasteiger partial charge in [0.25, 0.3) is 0 Å². The second kappa shape index (κ2) is 5.66. The van der Waals surface area contributed by atoms with E-state index >= 15 is 0 Å². The minimum atomic E-state index is -0.204. The average Bonchev–Trinajstić information content (AvgIpc) is 3.07. The molecule has 2 aliphatic rings. The van der Waals surface area contributed by atoms with E-state index in [0.29, 0.717) is 17.9 Å². The molecule has 1 heterocycles. The molecule has 0 radical (unpaired) electrons. The summed E-state index contributed by atoms with van der Waals surface area (Å²) in [5, 5.41) is 15.1. The molecule has 3 heteroatoms. The van der Waals surface area contributed by atoms with Crippen molar-refractivity contribution in [2.75, 3.05) is 0 Å². The average molecular weight is 262 g/mol. The van der Waals surface area contributed by atoms with Crippen molar-refractivity contribution in [2.24, 2.45) is 11.8 Å². The Morgan fingerprint density at radius 1 is 1.26 bits per heavy atom. The van der Waals surface area contributed by atoms with Crippen LogP contribution in [0.15, 0.2) is 12.3 Å². The van der Waals surface area contributed by atoms with Crippen LogP contribution in [-0.2, 0) is 6.42 Å². The monoisotopic (exact) mass is 262 g/mol. The summed E-state index contributed by atoms with van der Waals surface area (Å²) >= 11 is 0. The van der Waals surface area contributed by atoms with Crippen LogP contribution in [0, 0.1) is 11.8 Å². The summed E-state index contributed by atoms with van der Waals surface area (Å²) in [6.07, 6.45) is 11.6. The molecule has 19 heavy (non-hydrogen) atoms. The first kappa shape index (κ1) is 13.2. The van der Waals surface area contributed by atoms with Crippen LogP contribution < -0.4 is 0 Å². The van der Waals surface area contributed by atoms with E-state index in [1.165, 1.54) is 44.9 Å². The first-order chi connectivity index (χ1) is 9.24. The van der Waals surface area contributed by atoms with Gasteiger partial charge in [0.15, 0.2) is 0 Å². The van der Waals surface area contributed by atoms with E-state index in [9.17, 15) is 5.11 Å². The van der Waals surface area contributed by atoms with Crippen LogP contribution in [0.1, 0.15) is 63.6 Å². The summed E-state index contributed by atoms with van der Waals surface area (Å²) in [6, 6.07) is 2.71. The summed E-state index contributed by atoms with van der Waals surface area (Å²) < 4.78 is 2.13. The van der Waals surface area contributed by atoms with Gasteiger partial charge in [-0.1, -0.05) is 32.6 Å². The second-order valence-corrected chi connectivity index (χ2v) is 6.57. The number of nitrogens with zero attached hydrogens (tertiary/aromatic N) is 2. The molecule has 106 valence electrons. The lowest BCUT2D eigenvalue weighted by Gasteiger charge is -2.21. The third kappa shape index (κ3) is 2.86. The van der Waals surface area contributed by atoms with Crippen LogP contribution in [0.2, 0.25) is 0 Å². The SMILES string of the molecule is CC1CCCC1C(O)Cc1ccn(C2CCCC2)n1. The molecule has 1 N–H and O–H groups in total. The van der Waals surface area contributed by atoms with Crippen molar-refractivity contribution in [3.8, 4) is 0 Å². The smallest absolute Gasteiger partial charge is 0.0650 e. The van der Waals surface area contributed by atoms with E-state index in [1.54, 1.807) is 0 Å². The second-order valence-electron chi connectivity index (χ2n) is 6.57. The fourth-order valence-corrected chi connectivity index (χ4v) is 3.97. The number of rotatable bonds is 4. The molecule has 0 aliphatic heterocycles. The van der Waals surface area contributed by atoms with Crippen LogP contribution in [0.3, 0.4) is 0 Å². The molecule has 2 aliphatic carbocycles. The van der Waals surface area contributed by atoms with Gasteiger partial charge in [-0.2, -0.15) is 5.10 Å². The molecule has 0 saturated heterocycles. The highest BCUT2D eigenvalue weighted by Gasteiger charge is 2.30. The molecule has 3 atom stereocenters. The van der Waals surface area contributed by atoms with Crippen molar-refractivity contribution in [2.45, 2.75) is 70.4 Å².